The lowest BCUT2D eigenvalue weighted by Crippen LogP contribution is -2.50. The number of benzene rings is 1. The van der Waals surface area contributed by atoms with Gasteiger partial charge in [0.15, 0.2) is 5.65 Å². The Kier molecular flexibility index (Phi) is 5.55. The molecule has 3 aromatic rings. The Hall–Kier alpha value is -3.66. The maximum absolute atomic E-state index is 13.3. The summed E-state index contributed by atoms with van der Waals surface area (Å²) >= 11 is 0. The van der Waals surface area contributed by atoms with Crippen molar-refractivity contribution in [1.29, 1.82) is 0 Å². The molecule has 0 bridgehead atoms. The Morgan fingerprint density at radius 2 is 2.08 bits per heavy atom. The molecule has 1 unspecified atom stereocenters. The molecule has 1 aromatic carbocycles. The molecule has 5 heterocycles. The number of carbonyl (C=O) groups excluding carboxylic acids is 2. The van der Waals surface area contributed by atoms with Crippen LogP contribution in [-0.2, 0) is 11.2 Å². The number of ether oxygens (including phenoxy) is 1. The van der Waals surface area contributed by atoms with E-state index in [0.717, 1.165) is 68.3 Å². The van der Waals surface area contributed by atoms with E-state index in [-0.39, 0.29) is 23.5 Å². The van der Waals surface area contributed by atoms with Crippen molar-refractivity contribution in [2.45, 2.75) is 44.8 Å². The Bertz CT molecular complexity index is 1330. The van der Waals surface area contributed by atoms with Gasteiger partial charge < -0.3 is 20.3 Å². The normalized spacial score (nSPS) is 21.3. The fourth-order valence-electron chi connectivity index (χ4n) is 5.48. The zero-order chi connectivity index (χ0) is 24.9. The number of amides is 2. The average molecular weight is 490 g/mol. The first-order valence-corrected chi connectivity index (χ1v) is 12.6. The molecular formula is C26H31N7O3. The molecule has 188 valence electrons. The van der Waals surface area contributed by atoms with E-state index in [4.69, 9.17) is 4.74 Å². The number of piperazine rings is 1. The molecule has 2 saturated heterocycles. The molecule has 2 amide bonds. The Morgan fingerprint density at radius 1 is 1.25 bits per heavy atom. The molecule has 0 spiro atoms. The van der Waals surface area contributed by atoms with Gasteiger partial charge in [0.05, 0.1) is 17.6 Å². The minimum Gasteiger partial charge on any atom is -0.487 e. The quantitative estimate of drug-likeness (QED) is 0.566. The third-order valence-corrected chi connectivity index (χ3v) is 7.23. The summed E-state index contributed by atoms with van der Waals surface area (Å²) < 4.78 is 7.82. The van der Waals surface area contributed by atoms with Gasteiger partial charge in [0.25, 0.3) is 5.91 Å². The smallest absolute Gasteiger partial charge is 0.261 e. The Morgan fingerprint density at radius 3 is 2.86 bits per heavy atom. The summed E-state index contributed by atoms with van der Waals surface area (Å²) in [6, 6.07) is 6.15. The second kappa shape index (κ2) is 8.77. The first-order valence-electron chi connectivity index (χ1n) is 12.6. The van der Waals surface area contributed by atoms with Gasteiger partial charge in [0, 0.05) is 75.6 Å². The van der Waals surface area contributed by atoms with Crippen molar-refractivity contribution in [2.75, 3.05) is 42.9 Å². The molecule has 0 saturated carbocycles. The molecule has 10 heteroatoms. The summed E-state index contributed by atoms with van der Waals surface area (Å²) in [5.41, 5.74) is 3.49. The van der Waals surface area contributed by atoms with Gasteiger partial charge in [-0.2, -0.15) is 5.10 Å². The van der Waals surface area contributed by atoms with Crippen LogP contribution >= 0.6 is 0 Å². The van der Waals surface area contributed by atoms with Gasteiger partial charge in [-0.1, -0.05) is 0 Å². The minimum absolute atomic E-state index is 0.154. The van der Waals surface area contributed by atoms with E-state index in [1.54, 1.807) is 29.2 Å². The van der Waals surface area contributed by atoms with E-state index in [1.807, 2.05) is 0 Å². The third kappa shape index (κ3) is 4.37. The third-order valence-electron chi connectivity index (χ3n) is 7.23. The lowest BCUT2D eigenvalue weighted by atomic mass is 10.0. The summed E-state index contributed by atoms with van der Waals surface area (Å²) in [4.78, 5) is 33.9. The van der Waals surface area contributed by atoms with Gasteiger partial charge in [-0.25, -0.2) is 9.50 Å². The average Bonchev–Trinajstić information content (AvgIpc) is 3.54. The molecule has 2 fully saturated rings. The van der Waals surface area contributed by atoms with E-state index in [9.17, 15) is 9.59 Å². The number of aromatic nitrogens is 3. The number of nitrogens with one attached hydrogen (secondary N) is 2. The standard InChI is InChI=1S/C26H31N7O3/c1-26(2)14-17-12-20(30-25(35)19-15-28-33-7-3-6-27-24(19)33)21(13-22(17)36-26)32-10-8-31(9-11-32)16-18-4-5-23(34)29-18/h3,6-7,12-13,15,18H,4-5,8-11,14,16H2,1-2H3,(H,29,34)(H,30,35). The highest BCUT2D eigenvalue weighted by Crippen LogP contribution is 2.42. The Balaban J connectivity index is 1.24. The summed E-state index contributed by atoms with van der Waals surface area (Å²) in [6.07, 6.45) is 7.30. The van der Waals surface area contributed by atoms with Crippen LogP contribution in [0.2, 0.25) is 0 Å². The van der Waals surface area contributed by atoms with Gasteiger partial charge in [-0.15, -0.1) is 0 Å². The molecule has 0 radical (unpaired) electrons. The van der Waals surface area contributed by atoms with Crippen molar-refractivity contribution in [1.82, 2.24) is 24.8 Å². The highest BCUT2D eigenvalue weighted by atomic mass is 16.5. The van der Waals surface area contributed by atoms with Gasteiger partial charge in [-0.05, 0) is 32.4 Å². The van der Waals surface area contributed by atoms with Crippen LogP contribution in [0.1, 0.15) is 42.6 Å². The second-order valence-corrected chi connectivity index (χ2v) is 10.5. The molecule has 10 nitrogen and oxygen atoms in total. The fourth-order valence-corrected chi connectivity index (χ4v) is 5.48. The van der Waals surface area contributed by atoms with Crippen LogP contribution in [0.25, 0.3) is 5.65 Å². The van der Waals surface area contributed by atoms with Crippen molar-refractivity contribution in [3.05, 3.63) is 47.9 Å². The highest BCUT2D eigenvalue weighted by molar-refractivity contribution is 6.09. The van der Waals surface area contributed by atoms with Crippen LogP contribution in [0.3, 0.4) is 0 Å². The molecule has 3 aliphatic heterocycles. The maximum Gasteiger partial charge on any atom is 0.261 e. The number of fused-ring (bicyclic) bond motifs is 2. The SMILES string of the molecule is CC1(C)Cc2cc(NC(=O)c3cnn4cccnc34)c(N3CCN(CC4CCC(=O)N4)CC3)cc2O1. The minimum atomic E-state index is -0.279. The number of hydrogen-bond donors (Lipinski definition) is 2. The first-order chi connectivity index (χ1) is 17.3. The van der Waals surface area contributed by atoms with Crippen LogP contribution in [-0.4, -0.2) is 75.7 Å². The van der Waals surface area contributed by atoms with Gasteiger partial charge in [-0.3, -0.25) is 14.5 Å². The lowest BCUT2D eigenvalue weighted by molar-refractivity contribution is -0.119. The monoisotopic (exact) mass is 489 g/mol. The summed E-state index contributed by atoms with van der Waals surface area (Å²) in [7, 11) is 0. The van der Waals surface area contributed by atoms with Crippen molar-refractivity contribution in [3.8, 4) is 5.75 Å². The van der Waals surface area contributed by atoms with Crippen LogP contribution in [0.15, 0.2) is 36.8 Å². The molecule has 3 aliphatic rings. The fraction of sp³-hybridized carbons (Fsp3) is 0.462. The molecular weight excluding hydrogens is 458 g/mol. The molecule has 2 aromatic heterocycles. The van der Waals surface area contributed by atoms with E-state index in [0.29, 0.717) is 17.6 Å². The number of anilines is 2. The van der Waals surface area contributed by atoms with E-state index < -0.39 is 0 Å². The van der Waals surface area contributed by atoms with E-state index >= 15 is 0 Å². The summed E-state index contributed by atoms with van der Waals surface area (Å²) in [5, 5.41) is 10.5. The summed E-state index contributed by atoms with van der Waals surface area (Å²) in [5.74, 6) is 0.793. The van der Waals surface area contributed by atoms with Crippen LogP contribution < -0.4 is 20.3 Å². The van der Waals surface area contributed by atoms with E-state index in [1.165, 1.54) is 0 Å². The molecule has 2 N–H and O–H groups in total. The largest absolute Gasteiger partial charge is 0.487 e. The van der Waals surface area contributed by atoms with Crippen molar-refractivity contribution in [2.24, 2.45) is 0 Å². The molecule has 36 heavy (non-hydrogen) atoms. The van der Waals surface area contributed by atoms with Crippen LogP contribution in [0.4, 0.5) is 11.4 Å². The van der Waals surface area contributed by atoms with Crippen molar-refractivity contribution in [3.63, 3.8) is 0 Å². The summed E-state index contributed by atoms with van der Waals surface area (Å²) in [6.45, 7) is 8.47. The van der Waals surface area contributed by atoms with Gasteiger partial charge in [0.2, 0.25) is 5.91 Å². The maximum atomic E-state index is 13.3. The molecule has 6 rings (SSSR count). The van der Waals surface area contributed by atoms with E-state index in [2.05, 4.69) is 56.5 Å². The number of hydrogen-bond acceptors (Lipinski definition) is 7. The zero-order valence-electron chi connectivity index (χ0n) is 20.7. The first kappa shape index (κ1) is 22.8. The van der Waals surface area contributed by atoms with Gasteiger partial charge in [0.1, 0.15) is 16.9 Å². The second-order valence-electron chi connectivity index (χ2n) is 10.5. The van der Waals surface area contributed by atoms with Crippen molar-refractivity contribution >= 4 is 28.8 Å². The van der Waals surface area contributed by atoms with Crippen LogP contribution in [0, 0.1) is 0 Å². The number of carbonyl (C=O) groups is 2. The topological polar surface area (TPSA) is 104 Å². The highest BCUT2D eigenvalue weighted by Gasteiger charge is 2.33. The number of rotatable bonds is 5. The number of nitrogens with zero attached hydrogens (tertiary/aromatic N) is 5. The zero-order valence-corrected chi connectivity index (χ0v) is 20.7. The van der Waals surface area contributed by atoms with Crippen LogP contribution in [0.5, 0.6) is 5.75 Å². The Labute approximate surface area is 209 Å². The predicted octanol–water partition coefficient (Wildman–Crippen LogP) is 2.10. The predicted molar refractivity (Wildman–Crippen MR) is 136 cm³/mol. The molecule has 1 atom stereocenters. The van der Waals surface area contributed by atoms with Gasteiger partial charge >= 0.3 is 0 Å². The lowest BCUT2D eigenvalue weighted by Gasteiger charge is -2.38. The van der Waals surface area contributed by atoms with Crippen molar-refractivity contribution < 1.29 is 14.3 Å². The molecule has 0 aliphatic carbocycles.